The summed E-state index contributed by atoms with van der Waals surface area (Å²) in [6.07, 6.45) is 4.45. The Hall–Kier alpha value is -2.95. The molecule has 5 nitrogen and oxygen atoms in total. The van der Waals surface area contributed by atoms with Gasteiger partial charge in [-0.15, -0.1) is 0 Å². The standard InChI is InChI=1S/C17H16N2O3/c1-11-5-6-13(10-12(11)2)7-8-15(20)19-16-14(17(21)22)4-3-9-18-16/h3-10H,1-2H3,(H,21,22)(H,18,19,20). The third-order valence-corrected chi connectivity index (χ3v) is 3.24. The van der Waals surface area contributed by atoms with Crippen molar-refractivity contribution in [2.75, 3.05) is 5.32 Å². The molecule has 0 spiro atoms. The van der Waals surface area contributed by atoms with Gasteiger partial charge in [-0.3, -0.25) is 4.79 Å². The predicted octanol–water partition coefficient (Wildman–Crippen LogP) is 3.05. The lowest BCUT2D eigenvalue weighted by Crippen LogP contribution is -2.13. The number of nitrogens with zero attached hydrogens (tertiary/aromatic N) is 1. The predicted molar refractivity (Wildman–Crippen MR) is 84.8 cm³/mol. The number of nitrogens with one attached hydrogen (secondary N) is 1. The Morgan fingerprint density at radius 2 is 1.95 bits per heavy atom. The number of amides is 1. The molecule has 0 fully saturated rings. The average Bonchev–Trinajstić information content (AvgIpc) is 2.49. The summed E-state index contributed by atoms with van der Waals surface area (Å²) in [5.74, 6) is -1.54. The minimum Gasteiger partial charge on any atom is -0.478 e. The molecule has 1 aromatic heterocycles. The first-order valence-corrected chi connectivity index (χ1v) is 6.72. The highest BCUT2D eigenvalue weighted by Crippen LogP contribution is 2.13. The maximum atomic E-state index is 11.9. The Labute approximate surface area is 128 Å². The molecule has 0 aliphatic heterocycles. The van der Waals surface area contributed by atoms with E-state index in [0.29, 0.717) is 0 Å². The molecule has 1 amide bonds. The minimum atomic E-state index is -1.14. The van der Waals surface area contributed by atoms with Gasteiger partial charge < -0.3 is 10.4 Å². The summed E-state index contributed by atoms with van der Waals surface area (Å²) in [7, 11) is 0. The van der Waals surface area contributed by atoms with E-state index in [9.17, 15) is 9.59 Å². The molecule has 2 N–H and O–H groups in total. The minimum absolute atomic E-state index is 0.0322. The number of aromatic nitrogens is 1. The Morgan fingerprint density at radius 3 is 2.64 bits per heavy atom. The molecule has 5 heteroatoms. The first kappa shape index (κ1) is 15.4. The summed E-state index contributed by atoms with van der Waals surface area (Å²) in [4.78, 5) is 26.8. The molecule has 0 aliphatic carbocycles. The van der Waals surface area contributed by atoms with Gasteiger partial charge in [0.15, 0.2) is 0 Å². The van der Waals surface area contributed by atoms with Crippen LogP contribution in [0.4, 0.5) is 5.82 Å². The van der Waals surface area contributed by atoms with Crippen molar-refractivity contribution in [2.24, 2.45) is 0 Å². The van der Waals surface area contributed by atoms with Gasteiger partial charge in [0, 0.05) is 12.3 Å². The van der Waals surface area contributed by atoms with Crippen LogP contribution in [-0.2, 0) is 4.79 Å². The summed E-state index contributed by atoms with van der Waals surface area (Å²) >= 11 is 0. The Kier molecular flexibility index (Phi) is 4.68. The van der Waals surface area contributed by atoms with Crippen LogP contribution in [0.2, 0.25) is 0 Å². The highest BCUT2D eigenvalue weighted by Gasteiger charge is 2.11. The first-order chi connectivity index (χ1) is 10.5. The van der Waals surface area contributed by atoms with Gasteiger partial charge in [0.1, 0.15) is 11.4 Å². The number of carbonyl (C=O) groups excluding carboxylic acids is 1. The van der Waals surface area contributed by atoms with E-state index in [1.54, 1.807) is 6.08 Å². The second-order valence-corrected chi connectivity index (χ2v) is 4.87. The number of pyridine rings is 1. The second kappa shape index (κ2) is 6.67. The molecule has 0 saturated carbocycles. The van der Waals surface area contributed by atoms with Crippen molar-refractivity contribution in [3.05, 3.63) is 64.9 Å². The van der Waals surface area contributed by atoms with Crippen molar-refractivity contribution >= 4 is 23.8 Å². The molecule has 1 heterocycles. The Balaban J connectivity index is 2.11. The molecule has 0 saturated heterocycles. The fourth-order valence-electron chi connectivity index (χ4n) is 1.88. The summed E-state index contributed by atoms with van der Waals surface area (Å²) < 4.78 is 0. The first-order valence-electron chi connectivity index (χ1n) is 6.72. The molecule has 1 aromatic carbocycles. The van der Waals surface area contributed by atoms with Crippen molar-refractivity contribution < 1.29 is 14.7 Å². The molecule has 0 radical (unpaired) electrons. The van der Waals surface area contributed by atoms with Crippen LogP contribution in [0.3, 0.4) is 0 Å². The van der Waals surface area contributed by atoms with E-state index < -0.39 is 11.9 Å². The van der Waals surface area contributed by atoms with E-state index >= 15 is 0 Å². The maximum absolute atomic E-state index is 11.9. The summed E-state index contributed by atoms with van der Waals surface area (Å²) in [5, 5.41) is 11.5. The van der Waals surface area contributed by atoms with Crippen LogP contribution in [0, 0.1) is 13.8 Å². The van der Waals surface area contributed by atoms with Crippen LogP contribution in [0.15, 0.2) is 42.6 Å². The number of carbonyl (C=O) groups is 2. The van der Waals surface area contributed by atoms with Crippen LogP contribution in [-0.4, -0.2) is 22.0 Å². The summed E-state index contributed by atoms with van der Waals surface area (Å²) in [6.45, 7) is 4.02. The monoisotopic (exact) mass is 296 g/mol. The molecular formula is C17H16N2O3. The Bertz CT molecular complexity index is 751. The van der Waals surface area contributed by atoms with Gasteiger partial charge in [0.2, 0.25) is 5.91 Å². The van der Waals surface area contributed by atoms with E-state index in [0.717, 1.165) is 11.1 Å². The zero-order chi connectivity index (χ0) is 16.1. The van der Waals surface area contributed by atoms with Crippen molar-refractivity contribution in [1.29, 1.82) is 0 Å². The third-order valence-electron chi connectivity index (χ3n) is 3.24. The van der Waals surface area contributed by atoms with Gasteiger partial charge >= 0.3 is 5.97 Å². The van der Waals surface area contributed by atoms with E-state index in [1.165, 1.54) is 30.0 Å². The number of benzene rings is 1. The van der Waals surface area contributed by atoms with Gasteiger partial charge in [-0.25, -0.2) is 9.78 Å². The van der Waals surface area contributed by atoms with Crippen LogP contribution < -0.4 is 5.32 Å². The number of anilines is 1. The number of hydrogen-bond acceptors (Lipinski definition) is 3. The molecule has 2 aromatic rings. The molecule has 0 bridgehead atoms. The lowest BCUT2D eigenvalue weighted by Gasteiger charge is -2.04. The smallest absolute Gasteiger partial charge is 0.339 e. The van der Waals surface area contributed by atoms with Crippen LogP contribution in [0.25, 0.3) is 6.08 Å². The highest BCUT2D eigenvalue weighted by atomic mass is 16.4. The van der Waals surface area contributed by atoms with Gasteiger partial charge in [-0.2, -0.15) is 0 Å². The fourth-order valence-corrected chi connectivity index (χ4v) is 1.88. The Morgan fingerprint density at radius 1 is 1.18 bits per heavy atom. The molecule has 0 unspecified atom stereocenters. The number of aromatic carboxylic acids is 1. The molecule has 22 heavy (non-hydrogen) atoms. The van der Waals surface area contributed by atoms with Crippen LogP contribution in [0.5, 0.6) is 0 Å². The number of aryl methyl sites for hydroxylation is 2. The van der Waals surface area contributed by atoms with E-state index in [1.807, 2.05) is 32.0 Å². The lowest BCUT2D eigenvalue weighted by atomic mass is 10.1. The summed E-state index contributed by atoms with van der Waals surface area (Å²) in [5.41, 5.74) is 3.18. The average molecular weight is 296 g/mol. The van der Waals surface area contributed by atoms with Gasteiger partial charge in [-0.05, 0) is 48.7 Å². The van der Waals surface area contributed by atoms with E-state index in [-0.39, 0.29) is 11.4 Å². The maximum Gasteiger partial charge on any atom is 0.339 e. The second-order valence-electron chi connectivity index (χ2n) is 4.87. The normalized spacial score (nSPS) is 10.6. The topological polar surface area (TPSA) is 79.3 Å². The van der Waals surface area contributed by atoms with E-state index in [4.69, 9.17) is 5.11 Å². The molecule has 0 aliphatic rings. The number of carboxylic acid groups (broad SMARTS) is 1. The summed E-state index contributed by atoms with van der Waals surface area (Å²) in [6, 6.07) is 8.76. The molecular weight excluding hydrogens is 280 g/mol. The molecule has 2 rings (SSSR count). The van der Waals surface area contributed by atoms with Crippen LogP contribution >= 0.6 is 0 Å². The lowest BCUT2D eigenvalue weighted by molar-refractivity contribution is -0.111. The van der Waals surface area contributed by atoms with Crippen LogP contribution in [0.1, 0.15) is 27.0 Å². The van der Waals surface area contributed by atoms with E-state index in [2.05, 4.69) is 10.3 Å². The number of rotatable bonds is 4. The molecule has 0 atom stereocenters. The van der Waals surface area contributed by atoms with Crippen molar-refractivity contribution in [1.82, 2.24) is 4.98 Å². The van der Waals surface area contributed by atoms with Crippen molar-refractivity contribution in [3.8, 4) is 0 Å². The van der Waals surface area contributed by atoms with Crippen molar-refractivity contribution in [3.63, 3.8) is 0 Å². The zero-order valence-electron chi connectivity index (χ0n) is 12.3. The van der Waals surface area contributed by atoms with Crippen molar-refractivity contribution in [2.45, 2.75) is 13.8 Å². The van der Waals surface area contributed by atoms with Gasteiger partial charge in [-0.1, -0.05) is 18.2 Å². The third kappa shape index (κ3) is 3.79. The zero-order valence-corrected chi connectivity index (χ0v) is 12.3. The number of hydrogen-bond donors (Lipinski definition) is 2. The number of carboxylic acids is 1. The largest absolute Gasteiger partial charge is 0.478 e. The quantitative estimate of drug-likeness (QED) is 0.850. The molecule has 112 valence electrons. The van der Waals surface area contributed by atoms with Gasteiger partial charge in [0.05, 0.1) is 0 Å². The highest BCUT2D eigenvalue weighted by molar-refractivity contribution is 6.05. The van der Waals surface area contributed by atoms with Gasteiger partial charge in [0.25, 0.3) is 0 Å². The fraction of sp³-hybridized carbons (Fsp3) is 0.118. The SMILES string of the molecule is Cc1ccc(C=CC(=O)Nc2ncccc2C(=O)O)cc1C.